The van der Waals surface area contributed by atoms with E-state index >= 15 is 0 Å². The predicted octanol–water partition coefficient (Wildman–Crippen LogP) is 2.17. The topological polar surface area (TPSA) is 29.5 Å². The number of ether oxygens (including phenoxy) is 1. The van der Waals surface area contributed by atoms with E-state index in [4.69, 9.17) is 4.74 Å². The SMILES string of the molecule is Br.C=C(C)C(=O)OCCN1CCCCC1. The summed E-state index contributed by atoms with van der Waals surface area (Å²) in [7, 11) is 0. The van der Waals surface area contributed by atoms with Gasteiger partial charge in [-0.25, -0.2) is 4.79 Å². The summed E-state index contributed by atoms with van der Waals surface area (Å²) in [6.45, 7) is 8.84. The molecule has 0 amide bonds. The number of rotatable bonds is 4. The molecule has 1 saturated heterocycles. The number of nitrogens with zero attached hydrogens (tertiary/aromatic N) is 1. The molecule has 1 fully saturated rings. The minimum atomic E-state index is -0.276. The van der Waals surface area contributed by atoms with Crippen molar-refractivity contribution in [2.75, 3.05) is 26.2 Å². The Bertz CT molecular complexity index is 213. The van der Waals surface area contributed by atoms with Gasteiger partial charge in [0.05, 0.1) is 0 Å². The van der Waals surface area contributed by atoms with Crippen molar-refractivity contribution in [3.05, 3.63) is 12.2 Å². The van der Waals surface area contributed by atoms with Gasteiger partial charge in [-0.3, -0.25) is 4.90 Å². The van der Waals surface area contributed by atoms with Crippen LogP contribution in [-0.2, 0) is 9.53 Å². The van der Waals surface area contributed by atoms with Gasteiger partial charge in [0.15, 0.2) is 0 Å². The first-order valence-electron chi connectivity index (χ1n) is 5.25. The van der Waals surface area contributed by atoms with Gasteiger partial charge in [0.25, 0.3) is 0 Å². The summed E-state index contributed by atoms with van der Waals surface area (Å²) < 4.78 is 5.03. The van der Waals surface area contributed by atoms with Gasteiger partial charge in [-0.15, -0.1) is 17.0 Å². The largest absolute Gasteiger partial charge is 0.461 e. The summed E-state index contributed by atoms with van der Waals surface area (Å²) in [4.78, 5) is 13.4. The van der Waals surface area contributed by atoms with Crippen molar-refractivity contribution in [3.8, 4) is 0 Å². The highest BCUT2D eigenvalue weighted by Crippen LogP contribution is 2.07. The van der Waals surface area contributed by atoms with Gasteiger partial charge in [-0.1, -0.05) is 13.0 Å². The Morgan fingerprint density at radius 3 is 2.47 bits per heavy atom. The number of hydrogen-bond acceptors (Lipinski definition) is 3. The second-order valence-corrected chi connectivity index (χ2v) is 3.82. The number of esters is 1. The van der Waals surface area contributed by atoms with Gasteiger partial charge < -0.3 is 4.74 Å². The standard InChI is InChI=1S/C11H19NO2.BrH/c1-10(2)11(13)14-9-8-12-6-4-3-5-7-12;/h1,3-9H2,2H3;1H. The van der Waals surface area contributed by atoms with Gasteiger partial charge in [-0.05, 0) is 32.9 Å². The lowest BCUT2D eigenvalue weighted by Gasteiger charge is -2.25. The molecule has 4 heteroatoms. The molecule has 0 N–H and O–H groups in total. The fourth-order valence-electron chi connectivity index (χ4n) is 1.57. The Morgan fingerprint density at radius 2 is 1.93 bits per heavy atom. The minimum absolute atomic E-state index is 0. The smallest absolute Gasteiger partial charge is 0.333 e. The zero-order chi connectivity index (χ0) is 10.4. The van der Waals surface area contributed by atoms with Gasteiger partial charge in [-0.2, -0.15) is 0 Å². The van der Waals surface area contributed by atoms with Gasteiger partial charge in [0, 0.05) is 12.1 Å². The third-order valence-electron chi connectivity index (χ3n) is 2.44. The van der Waals surface area contributed by atoms with Crippen LogP contribution < -0.4 is 0 Å². The van der Waals surface area contributed by atoms with Crippen molar-refractivity contribution in [2.24, 2.45) is 0 Å². The molecular formula is C11H20BrNO2. The summed E-state index contributed by atoms with van der Waals surface area (Å²) in [5, 5.41) is 0. The van der Waals surface area contributed by atoms with E-state index in [-0.39, 0.29) is 23.0 Å². The molecule has 0 atom stereocenters. The number of piperidine rings is 1. The lowest BCUT2D eigenvalue weighted by atomic mass is 10.1. The summed E-state index contributed by atoms with van der Waals surface area (Å²) in [5.74, 6) is -0.276. The molecule has 1 aliphatic rings. The molecule has 0 aliphatic carbocycles. The number of carbonyl (C=O) groups excluding carboxylic acids is 1. The van der Waals surface area contributed by atoms with E-state index in [2.05, 4.69) is 11.5 Å². The first-order valence-corrected chi connectivity index (χ1v) is 5.25. The lowest BCUT2D eigenvalue weighted by molar-refractivity contribution is -0.139. The fourth-order valence-corrected chi connectivity index (χ4v) is 1.57. The molecule has 1 rings (SSSR count). The van der Waals surface area contributed by atoms with Gasteiger partial charge in [0.1, 0.15) is 6.61 Å². The van der Waals surface area contributed by atoms with E-state index < -0.39 is 0 Å². The number of hydrogen-bond donors (Lipinski definition) is 0. The van der Waals surface area contributed by atoms with Crippen molar-refractivity contribution < 1.29 is 9.53 Å². The number of halogens is 1. The van der Waals surface area contributed by atoms with Crippen molar-refractivity contribution in [1.29, 1.82) is 0 Å². The highest BCUT2D eigenvalue weighted by Gasteiger charge is 2.10. The van der Waals surface area contributed by atoms with Crippen molar-refractivity contribution in [1.82, 2.24) is 4.90 Å². The van der Waals surface area contributed by atoms with Crippen LogP contribution in [0.4, 0.5) is 0 Å². The monoisotopic (exact) mass is 277 g/mol. The summed E-state index contributed by atoms with van der Waals surface area (Å²) >= 11 is 0. The average molecular weight is 278 g/mol. The van der Waals surface area contributed by atoms with Crippen LogP contribution in [-0.4, -0.2) is 37.1 Å². The first kappa shape index (κ1) is 14.6. The summed E-state index contributed by atoms with van der Waals surface area (Å²) in [6.07, 6.45) is 3.88. The van der Waals surface area contributed by atoms with E-state index in [0.29, 0.717) is 12.2 Å². The molecule has 0 unspecified atom stereocenters. The highest BCUT2D eigenvalue weighted by atomic mass is 79.9. The Labute approximate surface area is 102 Å². The lowest BCUT2D eigenvalue weighted by Crippen LogP contribution is -2.33. The second kappa shape index (κ2) is 7.88. The van der Waals surface area contributed by atoms with Crippen LogP contribution in [0, 0.1) is 0 Å². The van der Waals surface area contributed by atoms with Crippen LogP contribution >= 0.6 is 17.0 Å². The molecule has 15 heavy (non-hydrogen) atoms. The van der Waals surface area contributed by atoms with Crippen molar-refractivity contribution >= 4 is 23.0 Å². The Hall–Kier alpha value is -0.350. The average Bonchev–Trinajstić information content (AvgIpc) is 2.19. The maximum Gasteiger partial charge on any atom is 0.333 e. The quantitative estimate of drug-likeness (QED) is 0.583. The number of likely N-dealkylation sites (tertiary alicyclic amines) is 1. The fraction of sp³-hybridized carbons (Fsp3) is 0.727. The van der Waals surface area contributed by atoms with E-state index in [1.54, 1.807) is 6.92 Å². The van der Waals surface area contributed by atoms with Crippen LogP contribution in [0.3, 0.4) is 0 Å². The summed E-state index contributed by atoms with van der Waals surface area (Å²) in [6, 6.07) is 0. The first-order chi connectivity index (χ1) is 6.70. The maximum atomic E-state index is 11.0. The zero-order valence-corrected chi connectivity index (χ0v) is 11.0. The van der Waals surface area contributed by atoms with Crippen LogP contribution in [0.15, 0.2) is 12.2 Å². The molecule has 0 spiro atoms. The van der Waals surface area contributed by atoms with Crippen LogP contribution in [0.1, 0.15) is 26.2 Å². The third kappa shape index (κ3) is 5.95. The molecule has 0 saturated carbocycles. The molecule has 0 aromatic carbocycles. The van der Waals surface area contributed by atoms with E-state index in [9.17, 15) is 4.79 Å². The maximum absolute atomic E-state index is 11.0. The van der Waals surface area contributed by atoms with E-state index in [1.807, 2.05) is 0 Å². The molecule has 0 aromatic heterocycles. The molecule has 3 nitrogen and oxygen atoms in total. The molecule has 1 heterocycles. The van der Waals surface area contributed by atoms with Crippen LogP contribution in [0.25, 0.3) is 0 Å². The Kier molecular flexibility index (Phi) is 7.70. The zero-order valence-electron chi connectivity index (χ0n) is 9.33. The number of carbonyl (C=O) groups is 1. The Balaban J connectivity index is 0.00000196. The third-order valence-corrected chi connectivity index (χ3v) is 2.44. The molecule has 0 radical (unpaired) electrons. The highest BCUT2D eigenvalue weighted by molar-refractivity contribution is 8.93. The normalized spacial score (nSPS) is 16.6. The molecular weight excluding hydrogens is 258 g/mol. The van der Waals surface area contributed by atoms with Crippen LogP contribution in [0.2, 0.25) is 0 Å². The van der Waals surface area contributed by atoms with E-state index in [0.717, 1.165) is 19.6 Å². The second-order valence-electron chi connectivity index (χ2n) is 3.82. The Morgan fingerprint density at radius 1 is 1.33 bits per heavy atom. The van der Waals surface area contributed by atoms with Gasteiger partial charge >= 0.3 is 5.97 Å². The molecule has 1 aliphatic heterocycles. The van der Waals surface area contributed by atoms with Crippen molar-refractivity contribution in [3.63, 3.8) is 0 Å². The van der Waals surface area contributed by atoms with Gasteiger partial charge in [0.2, 0.25) is 0 Å². The predicted molar refractivity (Wildman–Crippen MR) is 66.4 cm³/mol. The minimum Gasteiger partial charge on any atom is -0.461 e. The molecule has 88 valence electrons. The molecule has 0 bridgehead atoms. The molecule has 0 aromatic rings. The summed E-state index contributed by atoms with van der Waals surface area (Å²) in [5.41, 5.74) is 0.476. The van der Waals surface area contributed by atoms with Crippen LogP contribution in [0.5, 0.6) is 0 Å². The van der Waals surface area contributed by atoms with E-state index in [1.165, 1.54) is 19.3 Å². The van der Waals surface area contributed by atoms with Crippen molar-refractivity contribution in [2.45, 2.75) is 26.2 Å².